The molecule has 2 unspecified atom stereocenters. The summed E-state index contributed by atoms with van der Waals surface area (Å²) < 4.78 is 11.5. The summed E-state index contributed by atoms with van der Waals surface area (Å²) in [6.07, 6.45) is 3.34. The van der Waals surface area contributed by atoms with Gasteiger partial charge in [-0.25, -0.2) is 0 Å². The summed E-state index contributed by atoms with van der Waals surface area (Å²) in [6.45, 7) is 7.34. The molecule has 0 aliphatic heterocycles. The van der Waals surface area contributed by atoms with Gasteiger partial charge in [-0.15, -0.1) is 0 Å². The normalized spacial score (nSPS) is 15.6. The minimum absolute atomic E-state index is 0.461. The van der Waals surface area contributed by atoms with E-state index in [1.54, 1.807) is 0 Å². The second-order valence-electron chi connectivity index (χ2n) is 3.35. The van der Waals surface area contributed by atoms with Gasteiger partial charge in [-0.2, -0.15) is 0 Å². The summed E-state index contributed by atoms with van der Waals surface area (Å²) in [6, 6.07) is 0.461. The van der Waals surface area contributed by atoms with Crippen LogP contribution in [-0.4, -0.2) is 28.3 Å². The minimum Gasteiger partial charge on any atom is -0.313 e. The van der Waals surface area contributed by atoms with Crippen LogP contribution in [0.5, 0.6) is 0 Å². The van der Waals surface area contributed by atoms with Gasteiger partial charge in [-0.05, 0) is 19.4 Å². The summed E-state index contributed by atoms with van der Waals surface area (Å²) in [5.41, 5.74) is 0. The third-order valence-corrected chi connectivity index (χ3v) is 3.59. The molecule has 80 valence electrons. The topological polar surface area (TPSA) is 29.1 Å². The second kappa shape index (κ2) is 8.70. The van der Waals surface area contributed by atoms with E-state index in [1.165, 1.54) is 6.42 Å². The first-order valence-electron chi connectivity index (χ1n) is 5.32. The zero-order valence-electron chi connectivity index (χ0n) is 9.14. The van der Waals surface area contributed by atoms with Crippen LogP contribution < -0.4 is 5.32 Å². The van der Waals surface area contributed by atoms with Crippen molar-refractivity contribution in [3.05, 3.63) is 0 Å². The van der Waals surface area contributed by atoms with Gasteiger partial charge in [0.1, 0.15) is 0 Å². The molecule has 0 aliphatic carbocycles. The highest BCUT2D eigenvalue weighted by Gasteiger charge is 2.09. The lowest BCUT2D eigenvalue weighted by atomic mass is 10.2. The molecule has 0 fully saturated rings. The Hall–Kier alpha value is 0.110. The molecule has 2 atom stereocenters. The lowest BCUT2D eigenvalue weighted by molar-refractivity contribution is 0.525. The molecule has 0 aromatic rings. The Morgan fingerprint density at radius 1 is 1.23 bits per heavy atom. The molecule has 0 radical (unpaired) electrons. The summed E-state index contributed by atoms with van der Waals surface area (Å²) in [4.78, 5) is 0. The summed E-state index contributed by atoms with van der Waals surface area (Å²) >= 11 is 0. The first kappa shape index (κ1) is 13.1. The van der Waals surface area contributed by atoms with Crippen LogP contribution >= 0.6 is 0 Å². The highest BCUT2D eigenvalue weighted by molar-refractivity contribution is 7.85. The molecule has 0 rings (SSSR count). The van der Waals surface area contributed by atoms with Crippen LogP contribution in [0, 0.1) is 0 Å². The monoisotopic (exact) mass is 205 g/mol. The maximum absolute atomic E-state index is 11.5. The number of rotatable bonds is 8. The van der Waals surface area contributed by atoms with Crippen molar-refractivity contribution in [3.8, 4) is 0 Å². The van der Waals surface area contributed by atoms with E-state index in [2.05, 4.69) is 26.1 Å². The maximum atomic E-state index is 11.5. The molecule has 2 nitrogen and oxygen atoms in total. The zero-order chi connectivity index (χ0) is 10.1. The third-order valence-electron chi connectivity index (χ3n) is 1.95. The quantitative estimate of drug-likeness (QED) is 0.656. The fraction of sp³-hybridized carbons (Fsp3) is 1.00. The Balaban J connectivity index is 3.71. The van der Waals surface area contributed by atoms with Crippen molar-refractivity contribution in [2.24, 2.45) is 0 Å². The van der Waals surface area contributed by atoms with Crippen molar-refractivity contribution >= 4 is 10.8 Å². The Morgan fingerprint density at radius 2 is 1.92 bits per heavy atom. The van der Waals surface area contributed by atoms with Gasteiger partial charge in [0.2, 0.25) is 0 Å². The van der Waals surface area contributed by atoms with Crippen LogP contribution in [-0.2, 0) is 10.8 Å². The standard InChI is InChI=1S/C10H23NOS/c1-4-7-10(11-6-3)9-13(12)8-5-2/h10-11H,4-9H2,1-3H3. The third kappa shape index (κ3) is 7.20. The molecular weight excluding hydrogens is 182 g/mol. The molecular formula is C10H23NOS. The van der Waals surface area contributed by atoms with E-state index in [-0.39, 0.29) is 0 Å². The van der Waals surface area contributed by atoms with E-state index in [0.717, 1.165) is 30.9 Å². The molecule has 1 N–H and O–H groups in total. The highest BCUT2D eigenvalue weighted by Crippen LogP contribution is 2.00. The predicted molar refractivity (Wildman–Crippen MR) is 60.5 cm³/mol. The Labute approximate surface area is 84.9 Å². The van der Waals surface area contributed by atoms with Gasteiger partial charge < -0.3 is 5.32 Å². The second-order valence-corrected chi connectivity index (χ2v) is 4.98. The molecule has 0 saturated heterocycles. The summed E-state index contributed by atoms with van der Waals surface area (Å²) in [5, 5.41) is 3.38. The number of hydrogen-bond donors (Lipinski definition) is 1. The van der Waals surface area contributed by atoms with Gasteiger partial charge in [0.25, 0.3) is 0 Å². The van der Waals surface area contributed by atoms with Crippen LogP contribution in [0.15, 0.2) is 0 Å². The van der Waals surface area contributed by atoms with E-state index in [1.807, 2.05) is 0 Å². The molecule has 13 heavy (non-hydrogen) atoms. The first-order valence-corrected chi connectivity index (χ1v) is 6.81. The van der Waals surface area contributed by atoms with Crippen molar-refractivity contribution in [2.45, 2.75) is 46.1 Å². The largest absolute Gasteiger partial charge is 0.313 e. The van der Waals surface area contributed by atoms with Gasteiger partial charge in [-0.3, -0.25) is 4.21 Å². The highest BCUT2D eigenvalue weighted by atomic mass is 32.2. The van der Waals surface area contributed by atoms with Gasteiger partial charge in [-0.1, -0.05) is 27.2 Å². The molecule has 0 aromatic carbocycles. The van der Waals surface area contributed by atoms with Crippen LogP contribution in [0.1, 0.15) is 40.0 Å². The van der Waals surface area contributed by atoms with E-state index in [0.29, 0.717) is 6.04 Å². The average molecular weight is 205 g/mol. The Bertz CT molecular complexity index is 133. The van der Waals surface area contributed by atoms with Crippen molar-refractivity contribution in [1.82, 2.24) is 5.32 Å². The van der Waals surface area contributed by atoms with E-state index in [9.17, 15) is 4.21 Å². The Kier molecular flexibility index (Phi) is 8.77. The summed E-state index contributed by atoms with van der Waals surface area (Å²) in [7, 11) is -0.616. The van der Waals surface area contributed by atoms with Crippen molar-refractivity contribution in [3.63, 3.8) is 0 Å². The van der Waals surface area contributed by atoms with Crippen LogP contribution in [0.3, 0.4) is 0 Å². The molecule has 0 bridgehead atoms. The Morgan fingerprint density at radius 3 is 2.38 bits per heavy atom. The predicted octanol–water partition coefficient (Wildman–Crippen LogP) is 1.92. The minimum atomic E-state index is -0.616. The average Bonchev–Trinajstić information content (AvgIpc) is 2.05. The maximum Gasteiger partial charge on any atom is 0.0388 e. The van der Waals surface area contributed by atoms with Crippen molar-refractivity contribution in [1.29, 1.82) is 0 Å². The van der Waals surface area contributed by atoms with E-state index >= 15 is 0 Å². The molecule has 0 spiro atoms. The van der Waals surface area contributed by atoms with Gasteiger partial charge in [0, 0.05) is 28.3 Å². The lowest BCUT2D eigenvalue weighted by Gasteiger charge is -2.16. The van der Waals surface area contributed by atoms with Crippen LogP contribution in [0.4, 0.5) is 0 Å². The molecule has 0 saturated carbocycles. The zero-order valence-corrected chi connectivity index (χ0v) is 9.95. The molecule has 0 aliphatic rings. The van der Waals surface area contributed by atoms with Gasteiger partial charge in [0.15, 0.2) is 0 Å². The van der Waals surface area contributed by atoms with Gasteiger partial charge in [0.05, 0.1) is 0 Å². The SMILES string of the molecule is CCCC(CS(=O)CCC)NCC. The van der Waals surface area contributed by atoms with E-state index < -0.39 is 10.8 Å². The van der Waals surface area contributed by atoms with Crippen LogP contribution in [0.2, 0.25) is 0 Å². The lowest BCUT2D eigenvalue weighted by Crippen LogP contribution is -2.34. The van der Waals surface area contributed by atoms with Crippen molar-refractivity contribution in [2.75, 3.05) is 18.1 Å². The van der Waals surface area contributed by atoms with Crippen LogP contribution in [0.25, 0.3) is 0 Å². The van der Waals surface area contributed by atoms with E-state index in [4.69, 9.17) is 0 Å². The molecule has 0 aromatic heterocycles. The first-order chi connectivity index (χ1) is 6.24. The number of nitrogens with one attached hydrogen (secondary N) is 1. The molecule has 0 amide bonds. The fourth-order valence-corrected chi connectivity index (χ4v) is 2.77. The molecule has 3 heteroatoms. The fourth-order valence-electron chi connectivity index (χ4n) is 1.42. The summed E-state index contributed by atoms with van der Waals surface area (Å²) in [5.74, 6) is 1.68. The van der Waals surface area contributed by atoms with Crippen molar-refractivity contribution < 1.29 is 4.21 Å². The smallest absolute Gasteiger partial charge is 0.0388 e. The number of hydrogen-bond acceptors (Lipinski definition) is 2. The molecule has 0 heterocycles. The van der Waals surface area contributed by atoms with Gasteiger partial charge >= 0.3 is 0 Å².